The van der Waals surface area contributed by atoms with Gasteiger partial charge >= 0.3 is 6.18 Å². The van der Waals surface area contributed by atoms with E-state index in [0.717, 1.165) is 10.2 Å². The maximum atomic E-state index is 13.1. The highest BCUT2D eigenvalue weighted by Crippen LogP contribution is 2.33. The topological polar surface area (TPSA) is 93.4 Å². The zero-order valence-electron chi connectivity index (χ0n) is 15.6. The number of benzene rings is 2. The number of halogens is 3. The van der Waals surface area contributed by atoms with E-state index < -0.39 is 24.4 Å². The Morgan fingerprint density at radius 2 is 1.97 bits per heavy atom. The molecule has 0 fully saturated rings. The molecule has 2 aromatic carbocycles. The number of phenolic OH excluding ortho intramolecular Hbond substituents is 1. The first-order chi connectivity index (χ1) is 14.2. The van der Waals surface area contributed by atoms with Crippen LogP contribution in [0.1, 0.15) is 21.6 Å². The number of amides is 1. The number of nitrogens with zero attached hydrogens (tertiary/aromatic N) is 2. The molecular formula is C20H16F3N3O4. The Kier molecular flexibility index (Phi) is 5.77. The van der Waals surface area contributed by atoms with Crippen molar-refractivity contribution < 1.29 is 32.6 Å². The smallest absolute Gasteiger partial charge is 0.435 e. The molecule has 0 saturated carbocycles. The Hall–Kier alpha value is -3.82. The van der Waals surface area contributed by atoms with Crippen molar-refractivity contribution >= 4 is 17.9 Å². The average Bonchev–Trinajstić information content (AvgIpc) is 3.13. The van der Waals surface area contributed by atoms with Gasteiger partial charge in [-0.3, -0.25) is 9.59 Å². The number of aromatic nitrogens is 2. The van der Waals surface area contributed by atoms with Crippen LogP contribution in [-0.4, -0.2) is 33.7 Å². The highest BCUT2D eigenvalue weighted by atomic mass is 19.4. The minimum absolute atomic E-state index is 0.0439. The van der Waals surface area contributed by atoms with E-state index in [9.17, 15) is 27.9 Å². The predicted octanol–water partition coefficient (Wildman–Crippen LogP) is 3.74. The number of carbonyl (C=O) groups is 2. The molecule has 156 valence electrons. The Morgan fingerprint density at radius 1 is 1.23 bits per heavy atom. The van der Waals surface area contributed by atoms with Gasteiger partial charge in [0.15, 0.2) is 12.3 Å². The summed E-state index contributed by atoms with van der Waals surface area (Å²) in [7, 11) is 0. The molecule has 3 rings (SSSR count). The number of anilines is 1. The molecule has 0 spiro atoms. The van der Waals surface area contributed by atoms with Crippen LogP contribution < -0.4 is 10.1 Å². The fourth-order valence-electron chi connectivity index (χ4n) is 2.60. The normalized spacial score (nSPS) is 11.2. The lowest BCUT2D eigenvalue weighted by molar-refractivity contribution is -0.141. The van der Waals surface area contributed by atoms with E-state index in [1.54, 1.807) is 19.1 Å². The lowest BCUT2D eigenvalue weighted by Crippen LogP contribution is -2.21. The molecule has 0 aliphatic carbocycles. The number of ether oxygens (including phenoxy) is 1. The van der Waals surface area contributed by atoms with Crippen molar-refractivity contribution in [1.82, 2.24) is 9.78 Å². The van der Waals surface area contributed by atoms with Crippen molar-refractivity contribution in [2.45, 2.75) is 13.1 Å². The van der Waals surface area contributed by atoms with Crippen LogP contribution in [0.15, 0.2) is 48.5 Å². The molecular weight excluding hydrogens is 403 g/mol. The van der Waals surface area contributed by atoms with Gasteiger partial charge in [-0.15, -0.1) is 0 Å². The van der Waals surface area contributed by atoms with E-state index in [2.05, 4.69) is 10.4 Å². The average molecular weight is 419 g/mol. The lowest BCUT2D eigenvalue weighted by atomic mass is 10.1. The minimum Gasteiger partial charge on any atom is -0.506 e. The second kappa shape index (κ2) is 8.27. The maximum absolute atomic E-state index is 13.1. The van der Waals surface area contributed by atoms with Crippen LogP contribution >= 0.6 is 0 Å². The minimum atomic E-state index is -4.75. The van der Waals surface area contributed by atoms with Gasteiger partial charge in [-0.25, -0.2) is 0 Å². The number of alkyl halides is 3. The summed E-state index contributed by atoms with van der Waals surface area (Å²) >= 11 is 0. The third kappa shape index (κ3) is 4.59. The summed E-state index contributed by atoms with van der Waals surface area (Å²) in [6.07, 6.45) is -4.10. The number of aromatic hydroxyl groups is 1. The molecule has 3 aromatic rings. The summed E-state index contributed by atoms with van der Waals surface area (Å²) in [5.74, 6) is -1.35. The highest BCUT2D eigenvalue weighted by molar-refractivity contribution is 5.93. The molecule has 0 aliphatic heterocycles. The SMILES string of the molecule is Cc1ccc(NC(=O)COc2cc(C(F)(F)F)nn2-c2ccccc2O)cc1C=O. The molecule has 1 amide bonds. The maximum Gasteiger partial charge on any atom is 0.435 e. The summed E-state index contributed by atoms with van der Waals surface area (Å²) in [6.45, 7) is 1.11. The van der Waals surface area contributed by atoms with Gasteiger partial charge < -0.3 is 15.2 Å². The first kappa shape index (κ1) is 20.9. The molecule has 0 unspecified atom stereocenters. The van der Waals surface area contributed by atoms with Crippen molar-refractivity contribution in [3.63, 3.8) is 0 Å². The molecule has 1 aromatic heterocycles. The summed E-state index contributed by atoms with van der Waals surface area (Å²) in [4.78, 5) is 23.2. The van der Waals surface area contributed by atoms with Crippen LogP contribution in [0.3, 0.4) is 0 Å². The second-order valence-corrected chi connectivity index (χ2v) is 6.29. The third-order valence-electron chi connectivity index (χ3n) is 4.12. The van der Waals surface area contributed by atoms with Crippen LogP contribution in [0, 0.1) is 6.92 Å². The summed E-state index contributed by atoms with van der Waals surface area (Å²) in [5.41, 5.74) is 0.168. The standard InChI is InChI=1S/C20H16F3N3O4/c1-12-6-7-14(8-13(12)10-27)24-18(29)11-30-19-9-17(20(21,22)23)25-26(19)15-4-2-3-5-16(15)28/h2-10,28H,11H2,1H3,(H,24,29). The number of para-hydroxylation sites is 2. The summed E-state index contributed by atoms with van der Waals surface area (Å²) < 4.78 is 45.3. The summed E-state index contributed by atoms with van der Waals surface area (Å²) in [5, 5.41) is 15.9. The number of nitrogens with one attached hydrogen (secondary N) is 1. The van der Waals surface area contributed by atoms with Gasteiger partial charge in [0.05, 0.1) is 0 Å². The monoisotopic (exact) mass is 419 g/mol. The largest absolute Gasteiger partial charge is 0.506 e. The summed E-state index contributed by atoms with van der Waals surface area (Å²) in [6, 6.07) is 11.0. The Bertz CT molecular complexity index is 1090. The van der Waals surface area contributed by atoms with Gasteiger partial charge in [-0.2, -0.15) is 23.0 Å². The Balaban J connectivity index is 1.80. The van der Waals surface area contributed by atoms with E-state index in [4.69, 9.17) is 4.74 Å². The quantitative estimate of drug-likeness (QED) is 0.594. The molecule has 30 heavy (non-hydrogen) atoms. The van der Waals surface area contributed by atoms with E-state index in [-0.39, 0.29) is 17.3 Å². The van der Waals surface area contributed by atoms with Gasteiger partial charge in [-0.05, 0) is 36.8 Å². The second-order valence-electron chi connectivity index (χ2n) is 6.29. The fraction of sp³-hybridized carbons (Fsp3) is 0.150. The van der Waals surface area contributed by atoms with Crippen LogP contribution in [0.2, 0.25) is 0 Å². The molecule has 0 aliphatic rings. The van der Waals surface area contributed by atoms with Crippen LogP contribution in [-0.2, 0) is 11.0 Å². The predicted molar refractivity (Wildman–Crippen MR) is 101 cm³/mol. The number of phenols is 1. The van der Waals surface area contributed by atoms with Crippen molar-refractivity contribution in [2.75, 3.05) is 11.9 Å². The lowest BCUT2D eigenvalue weighted by Gasteiger charge is -2.11. The molecule has 7 nitrogen and oxygen atoms in total. The van der Waals surface area contributed by atoms with Crippen molar-refractivity contribution in [1.29, 1.82) is 0 Å². The van der Waals surface area contributed by atoms with E-state index in [1.165, 1.54) is 30.3 Å². The highest BCUT2D eigenvalue weighted by Gasteiger charge is 2.36. The van der Waals surface area contributed by atoms with Gasteiger partial charge in [0.25, 0.3) is 5.91 Å². The number of hydrogen-bond acceptors (Lipinski definition) is 5. The van der Waals surface area contributed by atoms with E-state index >= 15 is 0 Å². The Morgan fingerprint density at radius 3 is 2.63 bits per heavy atom. The molecule has 1 heterocycles. The molecule has 10 heteroatoms. The van der Waals surface area contributed by atoms with E-state index in [0.29, 0.717) is 23.6 Å². The zero-order valence-corrected chi connectivity index (χ0v) is 15.6. The fourth-order valence-corrected chi connectivity index (χ4v) is 2.60. The van der Waals surface area contributed by atoms with Gasteiger partial charge in [0.1, 0.15) is 17.7 Å². The number of aryl methyl sites for hydroxylation is 1. The molecule has 0 atom stereocenters. The van der Waals surface area contributed by atoms with Crippen molar-refractivity contribution in [3.8, 4) is 17.3 Å². The Labute approximate surface area is 168 Å². The first-order valence-electron chi connectivity index (χ1n) is 8.63. The van der Waals surface area contributed by atoms with Crippen LogP contribution in [0.25, 0.3) is 5.69 Å². The first-order valence-corrected chi connectivity index (χ1v) is 8.63. The molecule has 0 bridgehead atoms. The van der Waals surface area contributed by atoms with E-state index in [1.807, 2.05) is 0 Å². The van der Waals surface area contributed by atoms with Crippen molar-refractivity contribution in [3.05, 3.63) is 65.4 Å². The molecule has 0 saturated heterocycles. The number of carbonyl (C=O) groups excluding carboxylic acids is 2. The number of hydrogen-bond donors (Lipinski definition) is 2. The zero-order chi connectivity index (χ0) is 21.9. The third-order valence-corrected chi connectivity index (χ3v) is 4.12. The van der Waals surface area contributed by atoms with Gasteiger partial charge in [-0.1, -0.05) is 18.2 Å². The van der Waals surface area contributed by atoms with Gasteiger partial charge in [0.2, 0.25) is 5.88 Å². The van der Waals surface area contributed by atoms with Gasteiger partial charge in [0, 0.05) is 17.3 Å². The van der Waals surface area contributed by atoms with Crippen LogP contribution in [0.5, 0.6) is 11.6 Å². The number of rotatable bonds is 6. The van der Waals surface area contributed by atoms with Crippen molar-refractivity contribution in [2.24, 2.45) is 0 Å². The molecule has 2 N–H and O–H groups in total. The number of aldehydes is 1. The molecule has 0 radical (unpaired) electrons. The van der Waals surface area contributed by atoms with Crippen LogP contribution in [0.4, 0.5) is 18.9 Å².